The van der Waals surface area contributed by atoms with Crippen molar-refractivity contribution in [3.05, 3.63) is 24.3 Å². The van der Waals surface area contributed by atoms with E-state index in [2.05, 4.69) is 0 Å². The minimum atomic E-state index is 0.00172. The van der Waals surface area contributed by atoms with Gasteiger partial charge in [-0.1, -0.05) is 12.1 Å². The molecule has 2 rings (SSSR count). The Labute approximate surface area is 113 Å². The molecule has 0 aliphatic carbocycles. The summed E-state index contributed by atoms with van der Waals surface area (Å²) in [5, 5.41) is 0. The molecule has 1 unspecified atom stereocenters. The lowest BCUT2D eigenvalue weighted by Crippen LogP contribution is -2.33. The van der Waals surface area contributed by atoms with Crippen LogP contribution >= 0.6 is 0 Å². The summed E-state index contributed by atoms with van der Waals surface area (Å²) in [6.45, 7) is 2.19. The predicted octanol–water partition coefficient (Wildman–Crippen LogP) is 0.881. The van der Waals surface area contributed by atoms with E-state index in [1.807, 2.05) is 17.0 Å². The number of nitrogens with zero attached hydrogens (tertiary/aromatic N) is 1. The molecule has 0 radical (unpaired) electrons. The number of hydrogen-bond donors (Lipinski definition) is 1. The zero-order valence-electron chi connectivity index (χ0n) is 11.2. The number of benzene rings is 1. The van der Waals surface area contributed by atoms with E-state index in [0.29, 0.717) is 24.0 Å². The number of hydrogen-bond acceptors (Lipinski definition) is 4. The fraction of sp³-hybridized carbons (Fsp3) is 0.500. The van der Waals surface area contributed by atoms with E-state index in [9.17, 15) is 4.79 Å². The molecule has 1 amide bonds. The first kappa shape index (κ1) is 13.7. The van der Waals surface area contributed by atoms with Crippen LogP contribution in [0.4, 0.5) is 0 Å². The quantitative estimate of drug-likeness (QED) is 0.857. The Bertz CT molecular complexity index is 436. The van der Waals surface area contributed by atoms with Gasteiger partial charge in [0, 0.05) is 13.1 Å². The SMILES string of the molecule is COc1ccccc1OCC(=O)N1CCC(CN)C1. The molecule has 19 heavy (non-hydrogen) atoms. The van der Waals surface area contributed by atoms with Crippen molar-refractivity contribution >= 4 is 5.91 Å². The normalized spacial score (nSPS) is 18.4. The van der Waals surface area contributed by atoms with Gasteiger partial charge in [0.05, 0.1) is 7.11 Å². The molecule has 1 aliphatic rings. The van der Waals surface area contributed by atoms with E-state index in [4.69, 9.17) is 15.2 Å². The molecule has 1 atom stereocenters. The smallest absolute Gasteiger partial charge is 0.260 e. The van der Waals surface area contributed by atoms with Crippen molar-refractivity contribution in [2.45, 2.75) is 6.42 Å². The second-order valence-electron chi connectivity index (χ2n) is 4.67. The maximum absolute atomic E-state index is 12.0. The number of likely N-dealkylation sites (tertiary alicyclic amines) is 1. The van der Waals surface area contributed by atoms with Gasteiger partial charge in [-0.15, -0.1) is 0 Å². The summed E-state index contributed by atoms with van der Waals surface area (Å²) in [4.78, 5) is 13.8. The Morgan fingerprint density at radius 2 is 2.16 bits per heavy atom. The Morgan fingerprint density at radius 1 is 1.42 bits per heavy atom. The molecule has 0 aromatic heterocycles. The van der Waals surface area contributed by atoms with Crippen molar-refractivity contribution < 1.29 is 14.3 Å². The minimum absolute atomic E-state index is 0.00172. The molecule has 1 fully saturated rings. The van der Waals surface area contributed by atoms with Crippen LogP contribution in [0, 0.1) is 5.92 Å². The van der Waals surface area contributed by atoms with Crippen LogP contribution < -0.4 is 15.2 Å². The molecule has 1 heterocycles. The molecule has 5 heteroatoms. The van der Waals surface area contributed by atoms with Crippen LogP contribution in [0.25, 0.3) is 0 Å². The van der Waals surface area contributed by atoms with E-state index in [1.165, 1.54) is 0 Å². The summed E-state index contributed by atoms with van der Waals surface area (Å²) in [6.07, 6.45) is 0.983. The number of para-hydroxylation sites is 2. The third kappa shape index (κ3) is 3.38. The average Bonchev–Trinajstić information content (AvgIpc) is 2.94. The van der Waals surface area contributed by atoms with Gasteiger partial charge in [0.15, 0.2) is 18.1 Å². The molecule has 1 aromatic carbocycles. The van der Waals surface area contributed by atoms with Crippen LogP contribution in [-0.2, 0) is 4.79 Å². The average molecular weight is 264 g/mol. The van der Waals surface area contributed by atoms with Crippen molar-refractivity contribution in [2.24, 2.45) is 11.7 Å². The van der Waals surface area contributed by atoms with Gasteiger partial charge in [0.1, 0.15) is 0 Å². The lowest BCUT2D eigenvalue weighted by molar-refractivity contribution is -0.132. The first-order chi connectivity index (χ1) is 9.24. The monoisotopic (exact) mass is 264 g/mol. The predicted molar refractivity (Wildman–Crippen MR) is 72.2 cm³/mol. The van der Waals surface area contributed by atoms with Gasteiger partial charge in [-0.2, -0.15) is 0 Å². The van der Waals surface area contributed by atoms with Crippen LogP contribution in [0.15, 0.2) is 24.3 Å². The summed E-state index contributed by atoms with van der Waals surface area (Å²) in [7, 11) is 1.58. The highest BCUT2D eigenvalue weighted by molar-refractivity contribution is 5.78. The van der Waals surface area contributed by atoms with Gasteiger partial charge in [-0.3, -0.25) is 4.79 Å². The fourth-order valence-electron chi connectivity index (χ4n) is 2.22. The van der Waals surface area contributed by atoms with Crippen LogP contribution in [-0.4, -0.2) is 44.2 Å². The van der Waals surface area contributed by atoms with Crippen LogP contribution in [0.1, 0.15) is 6.42 Å². The van der Waals surface area contributed by atoms with Gasteiger partial charge >= 0.3 is 0 Å². The third-order valence-corrected chi connectivity index (χ3v) is 3.39. The van der Waals surface area contributed by atoms with Gasteiger partial charge in [0.2, 0.25) is 0 Å². The third-order valence-electron chi connectivity index (χ3n) is 3.39. The van der Waals surface area contributed by atoms with Crippen LogP contribution in [0.5, 0.6) is 11.5 Å². The van der Waals surface area contributed by atoms with Crippen molar-refractivity contribution in [3.63, 3.8) is 0 Å². The Balaban J connectivity index is 1.87. The van der Waals surface area contributed by atoms with E-state index in [1.54, 1.807) is 19.2 Å². The lowest BCUT2D eigenvalue weighted by Gasteiger charge is -2.17. The molecule has 1 saturated heterocycles. The molecule has 104 valence electrons. The molecule has 2 N–H and O–H groups in total. The van der Waals surface area contributed by atoms with E-state index in [-0.39, 0.29) is 12.5 Å². The Hall–Kier alpha value is -1.75. The first-order valence-corrected chi connectivity index (χ1v) is 6.48. The van der Waals surface area contributed by atoms with Crippen LogP contribution in [0.3, 0.4) is 0 Å². The second-order valence-corrected chi connectivity index (χ2v) is 4.67. The summed E-state index contributed by atoms with van der Waals surface area (Å²) < 4.78 is 10.7. The van der Waals surface area contributed by atoms with Crippen molar-refractivity contribution in [1.82, 2.24) is 4.90 Å². The summed E-state index contributed by atoms with van der Waals surface area (Å²) >= 11 is 0. The summed E-state index contributed by atoms with van der Waals surface area (Å²) in [5.74, 6) is 1.65. The number of carbonyl (C=O) groups excluding carboxylic acids is 1. The molecule has 0 spiro atoms. The molecule has 0 saturated carbocycles. The van der Waals surface area contributed by atoms with E-state index in [0.717, 1.165) is 19.5 Å². The highest BCUT2D eigenvalue weighted by atomic mass is 16.5. The minimum Gasteiger partial charge on any atom is -0.493 e. The van der Waals surface area contributed by atoms with Gasteiger partial charge in [0.25, 0.3) is 5.91 Å². The number of nitrogens with two attached hydrogens (primary N) is 1. The maximum atomic E-state index is 12.0. The van der Waals surface area contributed by atoms with Crippen molar-refractivity contribution in [2.75, 3.05) is 33.4 Å². The standard InChI is InChI=1S/C14H20N2O3/c1-18-12-4-2-3-5-13(12)19-10-14(17)16-7-6-11(8-15)9-16/h2-5,11H,6-10,15H2,1H3. The largest absolute Gasteiger partial charge is 0.493 e. The molecule has 1 aliphatic heterocycles. The summed E-state index contributed by atoms with van der Waals surface area (Å²) in [5.41, 5.74) is 5.61. The molecular formula is C14H20N2O3. The molecule has 5 nitrogen and oxygen atoms in total. The number of methoxy groups -OCH3 is 1. The van der Waals surface area contributed by atoms with Crippen molar-refractivity contribution in [3.8, 4) is 11.5 Å². The van der Waals surface area contributed by atoms with Crippen LogP contribution in [0.2, 0.25) is 0 Å². The number of amides is 1. The zero-order valence-corrected chi connectivity index (χ0v) is 11.2. The highest BCUT2D eigenvalue weighted by Gasteiger charge is 2.25. The van der Waals surface area contributed by atoms with Crippen molar-refractivity contribution in [1.29, 1.82) is 0 Å². The number of rotatable bonds is 5. The first-order valence-electron chi connectivity index (χ1n) is 6.48. The highest BCUT2D eigenvalue weighted by Crippen LogP contribution is 2.25. The second kappa shape index (κ2) is 6.43. The molecule has 0 bridgehead atoms. The van der Waals surface area contributed by atoms with E-state index >= 15 is 0 Å². The number of carbonyl (C=O) groups is 1. The van der Waals surface area contributed by atoms with Gasteiger partial charge < -0.3 is 20.1 Å². The summed E-state index contributed by atoms with van der Waals surface area (Å²) in [6, 6.07) is 7.31. The zero-order chi connectivity index (χ0) is 13.7. The Kier molecular flexibility index (Phi) is 4.63. The maximum Gasteiger partial charge on any atom is 0.260 e. The van der Waals surface area contributed by atoms with Gasteiger partial charge in [-0.25, -0.2) is 0 Å². The molecule has 1 aromatic rings. The van der Waals surface area contributed by atoms with Gasteiger partial charge in [-0.05, 0) is 31.0 Å². The topological polar surface area (TPSA) is 64.8 Å². The fourth-order valence-corrected chi connectivity index (χ4v) is 2.22. The lowest BCUT2D eigenvalue weighted by atomic mass is 10.1. The number of ether oxygens (including phenoxy) is 2. The molecular weight excluding hydrogens is 244 g/mol. The van der Waals surface area contributed by atoms with E-state index < -0.39 is 0 Å². The Morgan fingerprint density at radius 3 is 2.79 bits per heavy atom.